The number of allylic oxidation sites excluding steroid dienone is 1. The van der Waals surface area contributed by atoms with Crippen LogP contribution < -0.4 is 9.64 Å². The van der Waals surface area contributed by atoms with Crippen molar-refractivity contribution in [3.8, 4) is 11.5 Å². The van der Waals surface area contributed by atoms with Gasteiger partial charge in [-0.2, -0.15) is 0 Å². The number of aliphatic imine (C=N–C) groups is 1. The van der Waals surface area contributed by atoms with E-state index in [0.717, 1.165) is 35.9 Å². The van der Waals surface area contributed by atoms with Gasteiger partial charge in [-0.05, 0) is 42.0 Å². The van der Waals surface area contributed by atoms with Gasteiger partial charge < -0.3 is 9.64 Å². The predicted octanol–water partition coefficient (Wildman–Crippen LogP) is 5.43. The zero-order valence-corrected chi connectivity index (χ0v) is 15.4. The molecule has 3 heteroatoms. The molecule has 1 aliphatic rings. The number of likely N-dealkylation sites (N-methyl/N-ethyl adjacent to an activating group) is 1. The van der Waals surface area contributed by atoms with Crippen molar-refractivity contribution in [1.82, 2.24) is 0 Å². The van der Waals surface area contributed by atoms with Crippen molar-refractivity contribution in [2.45, 2.75) is 0 Å². The summed E-state index contributed by atoms with van der Waals surface area (Å²) in [6.07, 6.45) is 4.21. The average Bonchev–Trinajstić information content (AvgIpc) is 2.87. The van der Waals surface area contributed by atoms with Crippen LogP contribution in [0.3, 0.4) is 0 Å². The highest BCUT2D eigenvalue weighted by Gasteiger charge is 2.13. The summed E-state index contributed by atoms with van der Waals surface area (Å²) in [7, 11) is 2.12. The first kappa shape index (κ1) is 17.1. The first-order valence-electron chi connectivity index (χ1n) is 9.16. The van der Waals surface area contributed by atoms with E-state index in [1.807, 2.05) is 42.5 Å². The van der Waals surface area contributed by atoms with E-state index in [1.165, 1.54) is 11.3 Å². The van der Waals surface area contributed by atoms with Crippen molar-refractivity contribution in [3.05, 3.63) is 96.1 Å². The summed E-state index contributed by atoms with van der Waals surface area (Å²) >= 11 is 0. The van der Waals surface area contributed by atoms with Gasteiger partial charge in [-0.15, -0.1) is 0 Å². The van der Waals surface area contributed by atoms with E-state index in [4.69, 9.17) is 9.73 Å². The molecule has 0 atom stereocenters. The van der Waals surface area contributed by atoms with E-state index in [1.54, 1.807) is 0 Å². The first-order valence-corrected chi connectivity index (χ1v) is 9.16. The minimum absolute atomic E-state index is 0.800. The smallest absolute Gasteiger partial charge is 0.127 e. The second-order valence-electron chi connectivity index (χ2n) is 6.52. The van der Waals surface area contributed by atoms with Gasteiger partial charge in [-0.3, -0.25) is 4.99 Å². The largest absolute Gasteiger partial charge is 0.457 e. The van der Waals surface area contributed by atoms with E-state index < -0.39 is 0 Å². The van der Waals surface area contributed by atoms with Crippen LogP contribution in [0.25, 0.3) is 6.08 Å². The molecule has 1 aliphatic heterocycles. The molecule has 0 unspecified atom stereocenters. The van der Waals surface area contributed by atoms with Crippen LogP contribution >= 0.6 is 0 Å². The third-order valence-corrected chi connectivity index (χ3v) is 4.60. The first-order chi connectivity index (χ1) is 13.3. The number of rotatable bonds is 4. The van der Waals surface area contributed by atoms with Gasteiger partial charge in [0.2, 0.25) is 0 Å². The lowest BCUT2D eigenvalue weighted by molar-refractivity contribution is 0.482. The van der Waals surface area contributed by atoms with Crippen molar-refractivity contribution >= 4 is 17.5 Å². The van der Waals surface area contributed by atoms with Crippen LogP contribution in [-0.2, 0) is 0 Å². The van der Waals surface area contributed by atoms with Gasteiger partial charge in [0, 0.05) is 24.8 Å². The predicted molar refractivity (Wildman–Crippen MR) is 113 cm³/mol. The summed E-state index contributed by atoms with van der Waals surface area (Å²) in [6, 6.07) is 26.3. The molecule has 4 rings (SSSR count). The third kappa shape index (κ3) is 4.09. The normalized spacial score (nSPS) is 13.8. The fraction of sp³-hybridized carbons (Fsp3) is 0.125. The monoisotopic (exact) mass is 354 g/mol. The van der Waals surface area contributed by atoms with E-state index in [0.29, 0.717) is 0 Å². The molecular formula is C24H22N2O. The van der Waals surface area contributed by atoms with E-state index in [-0.39, 0.29) is 0 Å². The molecule has 0 saturated carbocycles. The molecule has 0 saturated heterocycles. The Kier molecular flexibility index (Phi) is 5.01. The minimum atomic E-state index is 0.800. The lowest BCUT2D eigenvalue weighted by atomic mass is 10.1. The van der Waals surface area contributed by atoms with Crippen molar-refractivity contribution in [1.29, 1.82) is 0 Å². The van der Waals surface area contributed by atoms with Crippen molar-refractivity contribution in [2.75, 3.05) is 25.0 Å². The van der Waals surface area contributed by atoms with Gasteiger partial charge in [0.25, 0.3) is 0 Å². The van der Waals surface area contributed by atoms with Gasteiger partial charge in [-0.1, -0.05) is 54.6 Å². The van der Waals surface area contributed by atoms with E-state index in [2.05, 4.69) is 60.5 Å². The maximum absolute atomic E-state index is 5.85. The molecular weight excluding hydrogens is 332 g/mol. The van der Waals surface area contributed by atoms with Crippen LogP contribution in [0.5, 0.6) is 11.5 Å². The van der Waals surface area contributed by atoms with Gasteiger partial charge in [0.05, 0.1) is 12.3 Å². The van der Waals surface area contributed by atoms with E-state index >= 15 is 0 Å². The molecule has 0 radical (unpaired) electrons. The Hall–Kier alpha value is -3.33. The fourth-order valence-corrected chi connectivity index (χ4v) is 3.14. The third-order valence-electron chi connectivity index (χ3n) is 4.60. The average molecular weight is 354 g/mol. The summed E-state index contributed by atoms with van der Waals surface area (Å²) < 4.78 is 5.85. The highest BCUT2D eigenvalue weighted by molar-refractivity contribution is 6.14. The highest BCUT2D eigenvalue weighted by atomic mass is 16.5. The van der Waals surface area contributed by atoms with Crippen LogP contribution in [0.1, 0.15) is 11.1 Å². The van der Waals surface area contributed by atoms with Crippen LogP contribution in [0.15, 0.2) is 89.9 Å². The molecule has 0 amide bonds. The van der Waals surface area contributed by atoms with Crippen LogP contribution in [0.4, 0.5) is 5.69 Å². The molecule has 0 N–H and O–H groups in total. The summed E-state index contributed by atoms with van der Waals surface area (Å²) in [6.45, 7) is 1.73. The fourth-order valence-electron chi connectivity index (χ4n) is 3.14. The molecule has 0 bridgehead atoms. The SMILES string of the molecule is CN1CCN=C(C=Cc2ccc(Oc3ccccc3)cc2)c2ccccc21. The summed E-state index contributed by atoms with van der Waals surface area (Å²) in [5.74, 6) is 1.67. The van der Waals surface area contributed by atoms with Crippen LogP contribution in [0, 0.1) is 0 Å². The number of benzene rings is 3. The summed E-state index contributed by atoms with van der Waals surface area (Å²) in [5.41, 5.74) is 4.55. The van der Waals surface area contributed by atoms with Gasteiger partial charge in [0.1, 0.15) is 11.5 Å². The number of hydrogen-bond acceptors (Lipinski definition) is 3. The second kappa shape index (κ2) is 7.92. The molecule has 27 heavy (non-hydrogen) atoms. The minimum Gasteiger partial charge on any atom is -0.457 e. The topological polar surface area (TPSA) is 24.8 Å². The van der Waals surface area contributed by atoms with Gasteiger partial charge in [0.15, 0.2) is 0 Å². The number of anilines is 1. The highest BCUT2D eigenvalue weighted by Crippen LogP contribution is 2.24. The second-order valence-corrected chi connectivity index (χ2v) is 6.52. The Morgan fingerprint density at radius 1 is 0.815 bits per heavy atom. The van der Waals surface area contributed by atoms with Gasteiger partial charge >= 0.3 is 0 Å². The number of fused-ring (bicyclic) bond motifs is 1. The van der Waals surface area contributed by atoms with Crippen molar-refractivity contribution in [2.24, 2.45) is 4.99 Å². The lowest BCUT2D eigenvalue weighted by Crippen LogP contribution is -2.20. The Morgan fingerprint density at radius 3 is 2.33 bits per heavy atom. The molecule has 3 nitrogen and oxygen atoms in total. The molecule has 3 aromatic rings. The van der Waals surface area contributed by atoms with Crippen LogP contribution in [0.2, 0.25) is 0 Å². The number of benzodiazepines with no additional fused rings is 1. The van der Waals surface area contributed by atoms with Gasteiger partial charge in [-0.25, -0.2) is 0 Å². The quantitative estimate of drug-likeness (QED) is 0.624. The maximum Gasteiger partial charge on any atom is 0.127 e. The standard InChI is InChI=1S/C24H22N2O/c1-26-18-17-25-23(22-9-5-6-10-24(22)26)16-13-19-11-14-21(15-12-19)27-20-7-3-2-4-8-20/h2-16H,17-18H2,1H3. The zero-order valence-electron chi connectivity index (χ0n) is 15.4. The summed E-state index contributed by atoms with van der Waals surface area (Å²) in [5, 5.41) is 0. The van der Waals surface area contributed by atoms with Crippen molar-refractivity contribution in [3.63, 3.8) is 0 Å². The number of nitrogens with zero attached hydrogens (tertiary/aromatic N) is 2. The van der Waals surface area contributed by atoms with Crippen molar-refractivity contribution < 1.29 is 4.74 Å². The van der Waals surface area contributed by atoms with E-state index in [9.17, 15) is 0 Å². The molecule has 0 fully saturated rings. The number of ether oxygens (including phenoxy) is 1. The Labute approximate surface area is 160 Å². The Balaban J connectivity index is 1.51. The Bertz CT molecular complexity index is 959. The molecule has 134 valence electrons. The summed E-state index contributed by atoms with van der Waals surface area (Å²) in [4.78, 5) is 7.03. The molecule has 0 aromatic heterocycles. The molecule has 1 heterocycles. The molecule has 0 aliphatic carbocycles. The lowest BCUT2D eigenvalue weighted by Gasteiger charge is -2.18. The molecule has 0 spiro atoms. The van der Waals surface area contributed by atoms with Crippen LogP contribution in [-0.4, -0.2) is 25.8 Å². The number of hydrogen-bond donors (Lipinski definition) is 0. The number of para-hydroxylation sites is 2. The zero-order chi connectivity index (χ0) is 18.5. The molecule has 3 aromatic carbocycles. The maximum atomic E-state index is 5.85. The Morgan fingerprint density at radius 2 is 1.52 bits per heavy atom.